The number of aromatic nitrogens is 6. The van der Waals surface area contributed by atoms with Crippen molar-refractivity contribution in [2.45, 2.75) is 30.9 Å². The van der Waals surface area contributed by atoms with Gasteiger partial charge in [-0.3, -0.25) is 5.10 Å². The number of fused-ring (bicyclic) bond motifs is 1. The number of ether oxygens (including phenoxy) is 1. The normalized spacial score (nSPS) is 16.5. The van der Waals surface area contributed by atoms with E-state index in [0.29, 0.717) is 41.8 Å². The predicted octanol–water partition coefficient (Wildman–Crippen LogP) is 3.35. The van der Waals surface area contributed by atoms with Gasteiger partial charge in [0, 0.05) is 42.3 Å². The van der Waals surface area contributed by atoms with Crippen molar-refractivity contribution in [3.8, 4) is 11.3 Å². The number of rotatable bonds is 6. The summed E-state index contributed by atoms with van der Waals surface area (Å²) in [6, 6.07) is 8.75. The Morgan fingerprint density at radius 3 is 2.68 bits per heavy atom. The van der Waals surface area contributed by atoms with Crippen LogP contribution in [0.3, 0.4) is 0 Å². The van der Waals surface area contributed by atoms with E-state index in [1.54, 1.807) is 13.3 Å². The first kappa shape index (κ1) is 22.5. The third-order valence-electron chi connectivity index (χ3n) is 6.50. The first-order valence-corrected chi connectivity index (χ1v) is 10.9. The summed E-state index contributed by atoms with van der Waals surface area (Å²) in [5, 5.41) is 15.8. The molecule has 34 heavy (non-hydrogen) atoms. The first-order valence-electron chi connectivity index (χ1n) is 10.9. The van der Waals surface area contributed by atoms with Crippen molar-refractivity contribution >= 4 is 10.9 Å². The van der Waals surface area contributed by atoms with Gasteiger partial charge in [-0.1, -0.05) is 25.1 Å². The minimum atomic E-state index is -4.59. The zero-order chi connectivity index (χ0) is 24.1. The Kier molecular flexibility index (Phi) is 5.40. The van der Waals surface area contributed by atoms with E-state index >= 15 is 0 Å². The molecular formula is C23H24F3N7O. The van der Waals surface area contributed by atoms with Crippen molar-refractivity contribution in [2.75, 3.05) is 19.8 Å². The van der Waals surface area contributed by atoms with Gasteiger partial charge in [-0.15, -0.1) is 10.2 Å². The number of benzene rings is 1. The lowest BCUT2D eigenvalue weighted by atomic mass is 9.75. The van der Waals surface area contributed by atoms with Crippen LogP contribution in [0.4, 0.5) is 13.2 Å². The molecule has 0 unspecified atom stereocenters. The van der Waals surface area contributed by atoms with Gasteiger partial charge in [-0.25, -0.2) is 4.98 Å². The molecule has 1 aromatic carbocycles. The number of pyridine rings is 1. The Morgan fingerprint density at radius 1 is 1.26 bits per heavy atom. The van der Waals surface area contributed by atoms with E-state index in [-0.39, 0.29) is 23.6 Å². The molecule has 3 N–H and O–H groups in total. The zero-order valence-corrected chi connectivity index (χ0v) is 18.7. The van der Waals surface area contributed by atoms with E-state index in [1.165, 1.54) is 0 Å². The molecule has 3 aromatic heterocycles. The summed E-state index contributed by atoms with van der Waals surface area (Å²) < 4.78 is 48.4. The summed E-state index contributed by atoms with van der Waals surface area (Å²) in [6.45, 7) is 2.95. The molecule has 5 rings (SSSR count). The maximum Gasteiger partial charge on any atom is 0.433 e. The van der Waals surface area contributed by atoms with Crippen LogP contribution in [0.25, 0.3) is 22.2 Å². The van der Waals surface area contributed by atoms with Gasteiger partial charge in [0.15, 0.2) is 0 Å². The van der Waals surface area contributed by atoms with E-state index < -0.39 is 11.9 Å². The fourth-order valence-electron chi connectivity index (χ4n) is 4.36. The quantitative estimate of drug-likeness (QED) is 0.447. The maximum absolute atomic E-state index is 13.6. The summed E-state index contributed by atoms with van der Waals surface area (Å²) in [6.07, 6.45) is -2.30. The van der Waals surface area contributed by atoms with Gasteiger partial charge < -0.3 is 15.0 Å². The third-order valence-corrected chi connectivity index (χ3v) is 6.50. The van der Waals surface area contributed by atoms with Crippen LogP contribution in [-0.4, -0.2) is 49.7 Å². The second-order valence-corrected chi connectivity index (χ2v) is 8.91. The highest BCUT2D eigenvalue weighted by Crippen LogP contribution is 2.39. The molecule has 0 radical (unpaired) electrons. The van der Waals surface area contributed by atoms with Gasteiger partial charge in [0.25, 0.3) is 0 Å². The number of nitrogens with two attached hydrogens (primary N) is 1. The Hall–Kier alpha value is -3.31. The number of aromatic amines is 1. The molecule has 4 heterocycles. The average molecular weight is 471 g/mol. The third kappa shape index (κ3) is 3.74. The first-order chi connectivity index (χ1) is 16.2. The number of hydrogen-bond acceptors (Lipinski definition) is 6. The van der Waals surface area contributed by atoms with E-state index in [4.69, 9.17) is 10.5 Å². The summed E-state index contributed by atoms with van der Waals surface area (Å²) in [5.41, 5.74) is 7.37. The number of hydrogen-bond donors (Lipinski definition) is 2. The lowest BCUT2D eigenvalue weighted by Crippen LogP contribution is -2.49. The monoisotopic (exact) mass is 471 g/mol. The minimum absolute atomic E-state index is 0.165. The molecule has 178 valence electrons. The predicted molar refractivity (Wildman–Crippen MR) is 119 cm³/mol. The number of aryl methyl sites for hydroxylation is 1. The van der Waals surface area contributed by atoms with Crippen LogP contribution in [0, 0.1) is 0 Å². The lowest BCUT2D eigenvalue weighted by Gasteiger charge is -2.41. The molecular weight excluding hydrogens is 447 g/mol. The van der Waals surface area contributed by atoms with Crippen molar-refractivity contribution in [3.63, 3.8) is 0 Å². The van der Waals surface area contributed by atoms with Gasteiger partial charge >= 0.3 is 6.18 Å². The fourth-order valence-corrected chi connectivity index (χ4v) is 4.36. The largest absolute Gasteiger partial charge is 0.433 e. The molecule has 0 aliphatic carbocycles. The van der Waals surface area contributed by atoms with Gasteiger partial charge in [0.2, 0.25) is 0 Å². The molecule has 0 bridgehead atoms. The molecule has 0 spiro atoms. The van der Waals surface area contributed by atoms with Crippen LogP contribution >= 0.6 is 0 Å². The smallest absolute Gasteiger partial charge is 0.379 e. The van der Waals surface area contributed by atoms with Crippen LogP contribution in [0.2, 0.25) is 0 Å². The zero-order valence-electron chi connectivity index (χ0n) is 18.7. The van der Waals surface area contributed by atoms with Crippen LogP contribution in [0.5, 0.6) is 0 Å². The Labute approximate surface area is 193 Å². The second kappa shape index (κ2) is 8.17. The van der Waals surface area contributed by atoms with Gasteiger partial charge in [-0.05, 0) is 17.7 Å². The molecule has 0 amide bonds. The standard InChI is InChI=1S/C23H24F3N7O/c1-13(9-27)19-21-16(7-17(29-19)23(24,25)26)20(31-32-21)14-4-3-5-15(6-14)22(10-34-11-22)8-18-30-28-12-33(18)2/h3-7,12-13H,8-11,27H2,1-2H3,(H,31,32)/t13-/m1/s1. The Morgan fingerprint density at radius 2 is 2.06 bits per heavy atom. The summed E-state index contributed by atoms with van der Waals surface area (Å²) in [5.74, 6) is 0.464. The molecule has 0 saturated carbocycles. The number of nitrogens with zero attached hydrogens (tertiary/aromatic N) is 5. The van der Waals surface area contributed by atoms with Crippen molar-refractivity contribution in [3.05, 3.63) is 59.4 Å². The molecule has 11 heteroatoms. The number of nitrogens with one attached hydrogen (secondary N) is 1. The Balaban J connectivity index is 1.61. The lowest BCUT2D eigenvalue weighted by molar-refractivity contribution is -0.141. The minimum Gasteiger partial charge on any atom is -0.379 e. The van der Waals surface area contributed by atoms with E-state index in [9.17, 15) is 13.2 Å². The van der Waals surface area contributed by atoms with Crippen molar-refractivity contribution in [1.82, 2.24) is 29.9 Å². The average Bonchev–Trinajstić information content (AvgIpc) is 3.40. The van der Waals surface area contributed by atoms with Crippen molar-refractivity contribution < 1.29 is 17.9 Å². The summed E-state index contributed by atoms with van der Waals surface area (Å²) in [7, 11) is 1.89. The molecule has 1 saturated heterocycles. The maximum atomic E-state index is 13.6. The molecule has 1 aliphatic rings. The highest BCUT2D eigenvalue weighted by atomic mass is 19.4. The van der Waals surface area contributed by atoms with Crippen LogP contribution in [0.15, 0.2) is 36.7 Å². The molecule has 8 nitrogen and oxygen atoms in total. The van der Waals surface area contributed by atoms with Gasteiger partial charge in [-0.2, -0.15) is 18.3 Å². The molecule has 1 aliphatic heterocycles. The van der Waals surface area contributed by atoms with Crippen LogP contribution in [0.1, 0.15) is 35.6 Å². The summed E-state index contributed by atoms with van der Waals surface area (Å²) in [4.78, 5) is 3.87. The second-order valence-electron chi connectivity index (χ2n) is 8.91. The van der Waals surface area contributed by atoms with Crippen molar-refractivity contribution in [1.29, 1.82) is 0 Å². The summed E-state index contributed by atoms with van der Waals surface area (Å²) >= 11 is 0. The highest BCUT2D eigenvalue weighted by molar-refractivity contribution is 5.94. The molecule has 1 fully saturated rings. The van der Waals surface area contributed by atoms with Crippen LogP contribution in [-0.2, 0) is 29.8 Å². The van der Waals surface area contributed by atoms with E-state index in [2.05, 4.69) is 25.4 Å². The molecule has 4 aromatic rings. The number of H-pyrrole nitrogens is 1. The van der Waals surface area contributed by atoms with Gasteiger partial charge in [0.05, 0.1) is 24.4 Å². The highest BCUT2D eigenvalue weighted by Gasteiger charge is 2.42. The van der Waals surface area contributed by atoms with E-state index in [0.717, 1.165) is 17.5 Å². The topological polar surface area (TPSA) is 108 Å². The van der Waals surface area contributed by atoms with Crippen molar-refractivity contribution in [2.24, 2.45) is 12.8 Å². The van der Waals surface area contributed by atoms with Crippen LogP contribution < -0.4 is 5.73 Å². The fraction of sp³-hybridized carbons (Fsp3) is 0.391. The molecule has 1 atom stereocenters. The van der Waals surface area contributed by atoms with Gasteiger partial charge in [0.1, 0.15) is 23.5 Å². The SMILES string of the molecule is C[C@H](CN)c1nc(C(F)(F)F)cc2c(-c3cccc(C4(Cc5nncn5C)COC4)c3)n[nH]c12. The number of alkyl halides is 3. The van der Waals surface area contributed by atoms with E-state index in [1.807, 2.05) is 35.9 Å². The Bertz CT molecular complexity index is 1340. The number of halogens is 3.